The number of aliphatic carboxylic acids is 1. The van der Waals surface area contributed by atoms with Gasteiger partial charge in [0.2, 0.25) is 11.8 Å². The molecule has 0 aromatic carbocycles. The topological polar surface area (TPSA) is 152 Å². The Morgan fingerprint density at radius 3 is 2.48 bits per heavy atom. The van der Waals surface area contributed by atoms with Gasteiger partial charge < -0.3 is 21.5 Å². The van der Waals surface area contributed by atoms with E-state index in [4.69, 9.17) is 21.4 Å². The lowest BCUT2D eigenvalue weighted by atomic mass is 10.1. The first-order chi connectivity index (χ1) is 12.5. The third-order valence-corrected chi connectivity index (χ3v) is 4.75. The van der Waals surface area contributed by atoms with Gasteiger partial charge in [0.1, 0.15) is 18.1 Å². The molecule has 0 radical (unpaired) electrons. The zero-order valence-corrected chi connectivity index (χ0v) is 14.4. The molecule has 3 rings (SSSR count). The smallest absolute Gasteiger partial charge is 0.475 e. The molecule has 0 aliphatic carbocycles. The van der Waals surface area contributed by atoms with Crippen LogP contribution in [0.2, 0.25) is 0 Å². The molecule has 3 heterocycles. The normalized spacial score (nSPS) is 16.9. The van der Waals surface area contributed by atoms with Crippen LogP contribution < -0.4 is 11.5 Å². The molecular formula is C14H14F3N5O4S. The van der Waals surface area contributed by atoms with E-state index in [2.05, 4.69) is 9.97 Å². The molecule has 146 valence electrons. The van der Waals surface area contributed by atoms with Gasteiger partial charge in [0.15, 0.2) is 0 Å². The summed E-state index contributed by atoms with van der Waals surface area (Å²) in [5, 5.41) is 7.12. The second-order valence-corrected chi connectivity index (χ2v) is 6.63. The van der Waals surface area contributed by atoms with E-state index in [0.29, 0.717) is 25.3 Å². The number of aromatic nitrogens is 2. The Morgan fingerprint density at radius 2 is 2.00 bits per heavy atom. The summed E-state index contributed by atoms with van der Waals surface area (Å²) in [5.74, 6) is -3.76. The average Bonchev–Trinajstić information content (AvgIpc) is 3.12. The minimum atomic E-state index is -5.08. The highest BCUT2D eigenvalue weighted by Gasteiger charge is 2.38. The van der Waals surface area contributed by atoms with Gasteiger partial charge in [-0.2, -0.15) is 13.2 Å². The van der Waals surface area contributed by atoms with Crippen LogP contribution in [0.15, 0.2) is 12.4 Å². The number of nitrogen functional groups attached to an aromatic ring is 1. The third-order valence-electron chi connectivity index (χ3n) is 3.62. The molecular weight excluding hydrogens is 391 g/mol. The van der Waals surface area contributed by atoms with Gasteiger partial charge in [-0.05, 0) is 12.5 Å². The number of nitrogens with two attached hydrogens (primary N) is 2. The summed E-state index contributed by atoms with van der Waals surface area (Å²) < 4.78 is 32.6. The van der Waals surface area contributed by atoms with Crippen LogP contribution in [0.3, 0.4) is 0 Å². The maximum Gasteiger partial charge on any atom is 0.490 e. The molecule has 1 fully saturated rings. The Morgan fingerprint density at radius 1 is 1.37 bits per heavy atom. The number of fused-ring (bicyclic) bond motifs is 1. The largest absolute Gasteiger partial charge is 0.490 e. The Bertz CT molecular complexity index is 885. The van der Waals surface area contributed by atoms with E-state index >= 15 is 0 Å². The van der Waals surface area contributed by atoms with Crippen LogP contribution in [0.5, 0.6) is 0 Å². The molecule has 2 aromatic rings. The molecule has 1 aliphatic rings. The standard InChI is InChI=1S/C12H13N5O2S.C2HF3O2/c13-10-9-8(15-5-16-10)3-6(20-9)4-17-2-1-7(11(14)18)12(17)19;3-2(4,5)1(6)7/h3,5,7H,1-2,4H2,(H2,14,18)(H2,13,15,16);(H,6,7)/t7-;/m0./s1. The first kappa shape index (κ1) is 20.4. The number of thiophene rings is 1. The second kappa shape index (κ2) is 7.73. The van der Waals surface area contributed by atoms with Crippen LogP contribution in [-0.2, 0) is 20.9 Å². The van der Waals surface area contributed by atoms with Crippen LogP contribution in [-0.4, -0.2) is 50.5 Å². The van der Waals surface area contributed by atoms with Crippen LogP contribution in [0.25, 0.3) is 10.2 Å². The monoisotopic (exact) mass is 405 g/mol. The fourth-order valence-electron chi connectivity index (χ4n) is 2.35. The van der Waals surface area contributed by atoms with Crippen LogP contribution in [0, 0.1) is 5.92 Å². The number of halogens is 3. The van der Waals surface area contributed by atoms with Gasteiger partial charge in [-0.15, -0.1) is 11.3 Å². The van der Waals surface area contributed by atoms with Crippen molar-refractivity contribution in [3.8, 4) is 0 Å². The number of carboxylic acid groups (broad SMARTS) is 1. The van der Waals surface area contributed by atoms with E-state index in [9.17, 15) is 22.8 Å². The Labute approximate surface area is 153 Å². The fourth-order valence-corrected chi connectivity index (χ4v) is 3.37. The lowest BCUT2D eigenvalue weighted by Gasteiger charge is -2.14. The number of rotatable bonds is 3. The van der Waals surface area contributed by atoms with Crippen molar-refractivity contribution in [2.45, 2.75) is 19.1 Å². The number of hydrogen-bond donors (Lipinski definition) is 3. The average molecular weight is 405 g/mol. The molecule has 2 amide bonds. The van der Waals surface area contributed by atoms with Crippen molar-refractivity contribution in [2.75, 3.05) is 12.3 Å². The Balaban J connectivity index is 0.000000321. The zero-order chi connectivity index (χ0) is 20.4. The molecule has 13 heteroatoms. The lowest BCUT2D eigenvalue weighted by Crippen LogP contribution is -2.32. The van der Waals surface area contributed by atoms with Crippen molar-refractivity contribution in [3.05, 3.63) is 17.3 Å². The predicted molar refractivity (Wildman–Crippen MR) is 88.2 cm³/mol. The summed E-state index contributed by atoms with van der Waals surface area (Å²) in [6, 6.07) is 1.89. The maximum atomic E-state index is 12.0. The first-order valence-electron chi connectivity index (χ1n) is 7.37. The Kier molecular flexibility index (Phi) is 5.83. The van der Waals surface area contributed by atoms with Gasteiger partial charge in [-0.25, -0.2) is 14.8 Å². The molecule has 0 unspecified atom stereocenters. The molecule has 1 atom stereocenters. The van der Waals surface area contributed by atoms with Crippen molar-refractivity contribution in [1.82, 2.24) is 14.9 Å². The van der Waals surface area contributed by atoms with E-state index in [0.717, 1.165) is 15.1 Å². The number of primary amides is 1. The fraction of sp³-hybridized carbons (Fsp3) is 0.357. The van der Waals surface area contributed by atoms with Crippen molar-refractivity contribution in [2.24, 2.45) is 11.7 Å². The highest BCUT2D eigenvalue weighted by Crippen LogP contribution is 2.29. The van der Waals surface area contributed by atoms with Gasteiger partial charge in [-0.3, -0.25) is 9.59 Å². The SMILES string of the molecule is NC(=O)[C@@H]1CCN(Cc2cc3ncnc(N)c3s2)C1=O.O=C(O)C(F)(F)F. The second-order valence-electron chi connectivity index (χ2n) is 5.49. The molecule has 5 N–H and O–H groups in total. The molecule has 2 aromatic heterocycles. The number of anilines is 1. The van der Waals surface area contributed by atoms with E-state index in [1.807, 2.05) is 6.07 Å². The number of carbonyl (C=O) groups is 3. The highest BCUT2D eigenvalue weighted by atomic mass is 32.1. The van der Waals surface area contributed by atoms with E-state index in [1.54, 1.807) is 4.90 Å². The summed E-state index contributed by atoms with van der Waals surface area (Å²) in [6.45, 7) is 0.991. The molecule has 0 spiro atoms. The molecule has 1 aliphatic heterocycles. The van der Waals surface area contributed by atoms with Crippen molar-refractivity contribution in [3.63, 3.8) is 0 Å². The number of hydrogen-bond acceptors (Lipinski definition) is 7. The van der Waals surface area contributed by atoms with E-state index < -0.39 is 24.0 Å². The van der Waals surface area contributed by atoms with Crippen LogP contribution in [0.1, 0.15) is 11.3 Å². The Hall–Kier alpha value is -2.96. The minimum Gasteiger partial charge on any atom is -0.475 e. The zero-order valence-electron chi connectivity index (χ0n) is 13.6. The van der Waals surface area contributed by atoms with Crippen molar-refractivity contribution < 1.29 is 32.7 Å². The summed E-state index contributed by atoms with van der Waals surface area (Å²) >= 11 is 1.46. The minimum absolute atomic E-state index is 0.200. The van der Waals surface area contributed by atoms with Crippen molar-refractivity contribution >= 4 is 45.2 Å². The molecule has 0 saturated carbocycles. The number of amides is 2. The molecule has 1 saturated heterocycles. The van der Waals surface area contributed by atoms with Gasteiger partial charge in [0, 0.05) is 11.4 Å². The number of carbonyl (C=O) groups excluding carboxylic acids is 2. The van der Waals surface area contributed by atoms with Gasteiger partial charge in [0.25, 0.3) is 0 Å². The van der Waals surface area contributed by atoms with Gasteiger partial charge in [-0.1, -0.05) is 0 Å². The summed E-state index contributed by atoms with van der Waals surface area (Å²) in [7, 11) is 0. The number of likely N-dealkylation sites (tertiary alicyclic amines) is 1. The lowest BCUT2D eigenvalue weighted by molar-refractivity contribution is -0.192. The molecule has 27 heavy (non-hydrogen) atoms. The molecule has 9 nitrogen and oxygen atoms in total. The summed E-state index contributed by atoms with van der Waals surface area (Å²) in [5.41, 5.74) is 11.8. The van der Waals surface area contributed by atoms with E-state index in [-0.39, 0.29) is 5.91 Å². The quantitative estimate of drug-likeness (QED) is 0.637. The summed E-state index contributed by atoms with van der Waals surface area (Å²) in [4.78, 5) is 42.7. The molecule has 0 bridgehead atoms. The van der Waals surface area contributed by atoms with Crippen molar-refractivity contribution in [1.29, 1.82) is 0 Å². The van der Waals surface area contributed by atoms with Crippen LogP contribution in [0.4, 0.5) is 19.0 Å². The number of alkyl halides is 3. The van der Waals surface area contributed by atoms with Gasteiger partial charge >= 0.3 is 12.1 Å². The number of nitrogens with zero attached hydrogens (tertiary/aromatic N) is 3. The highest BCUT2D eigenvalue weighted by molar-refractivity contribution is 7.19. The van der Waals surface area contributed by atoms with E-state index in [1.165, 1.54) is 17.7 Å². The van der Waals surface area contributed by atoms with Gasteiger partial charge in [0.05, 0.1) is 16.8 Å². The third kappa shape index (κ3) is 4.81. The predicted octanol–water partition coefficient (Wildman–Crippen LogP) is 0.741. The number of carboxylic acids is 1. The maximum absolute atomic E-state index is 12.0. The van der Waals surface area contributed by atoms with Crippen LogP contribution >= 0.6 is 11.3 Å². The first-order valence-corrected chi connectivity index (χ1v) is 8.19. The summed E-state index contributed by atoms with van der Waals surface area (Å²) in [6.07, 6.45) is -3.18.